The molecule has 1 atom stereocenters. The number of nitrogens with one attached hydrogen (secondary N) is 1. The molecule has 0 bridgehead atoms. The number of thiazole rings is 1. The average molecular weight is 412 g/mol. The number of hydrogen-bond donors (Lipinski definition) is 1. The van der Waals surface area contributed by atoms with Gasteiger partial charge in [-0.05, 0) is 43.5 Å². The van der Waals surface area contributed by atoms with E-state index >= 15 is 0 Å². The molecule has 2 heterocycles. The number of anilines is 2. The third kappa shape index (κ3) is 4.00. The van der Waals surface area contributed by atoms with Gasteiger partial charge in [-0.2, -0.15) is 0 Å². The number of amides is 1. The molecule has 0 spiro atoms. The SMILES string of the molecule is COc1cc(C)c(NC(=O)[C@H]2CCCN(c3nc4ccccc4s3)C2)cc1OC. The largest absolute Gasteiger partial charge is 0.493 e. The normalized spacial score (nSPS) is 16.7. The van der Waals surface area contributed by atoms with Gasteiger partial charge in [-0.15, -0.1) is 0 Å². The van der Waals surface area contributed by atoms with E-state index in [-0.39, 0.29) is 11.8 Å². The fraction of sp³-hybridized carbons (Fsp3) is 0.364. The molecule has 1 saturated heterocycles. The van der Waals surface area contributed by atoms with Crippen LogP contribution in [-0.4, -0.2) is 38.2 Å². The molecule has 1 aromatic heterocycles. The summed E-state index contributed by atoms with van der Waals surface area (Å²) < 4.78 is 11.9. The predicted octanol–water partition coefficient (Wildman–Crippen LogP) is 4.48. The van der Waals surface area contributed by atoms with Crippen LogP contribution in [0.1, 0.15) is 18.4 Å². The number of aromatic nitrogens is 1. The van der Waals surface area contributed by atoms with E-state index in [1.54, 1.807) is 25.6 Å². The number of aryl methyl sites for hydroxylation is 1. The van der Waals surface area contributed by atoms with Gasteiger partial charge >= 0.3 is 0 Å². The molecule has 3 aromatic rings. The Bertz CT molecular complexity index is 1000. The van der Waals surface area contributed by atoms with Crippen LogP contribution in [0.4, 0.5) is 10.8 Å². The fourth-order valence-corrected chi connectivity index (χ4v) is 4.71. The van der Waals surface area contributed by atoms with Crippen molar-refractivity contribution in [1.29, 1.82) is 0 Å². The molecule has 6 nitrogen and oxygen atoms in total. The van der Waals surface area contributed by atoms with Crippen LogP contribution >= 0.6 is 11.3 Å². The first kappa shape index (κ1) is 19.5. The van der Waals surface area contributed by atoms with Gasteiger partial charge in [-0.3, -0.25) is 4.79 Å². The van der Waals surface area contributed by atoms with Gasteiger partial charge in [-0.1, -0.05) is 23.5 Å². The van der Waals surface area contributed by atoms with Crippen LogP contribution in [0.2, 0.25) is 0 Å². The average Bonchev–Trinajstić information content (AvgIpc) is 3.19. The van der Waals surface area contributed by atoms with E-state index in [2.05, 4.69) is 16.3 Å². The molecule has 0 unspecified atom stereocenters. The number of rotatable bonds is 5. The van der Waals surface area contributed by atoms with Crippen molar-refractivity contribution in [3.05, 3.63) is 42.0 Å². The Balaban J connectivity index is 1.49. The number of benzene rings is 2. The predicted molar refractivity (Wildman–Crippen MR) is 117 cm³/mol. The molecule has 1 amide bonds. The van der Waals surface area contributed by atoms with Crippen molar-refractivity contribution in [3.8, 4) is 11.5 Å². The lowest BCUT2D eigenvalue weighted by Gasteiger charge is -2.31. The molecular formula is C22H25N3O3S. The maximum atomic E-state index is 13.0. The van der Waals surface area contributed by atoms with Crippen molar-refractivity contribution in [2.75, 3.05) is 37.5 Å². The highest BCUT2D eigenvalue weighted by atomic mass is 32.1. The van der Waals surface area contributed by atoms with E-state index in [1.807, 2.05) is 37.3 Å². The summed E-state index contributed by atoms with van der Waals surface area (Å²) in [7, 11) is 3.20. The minimum Gasteiger partial charge on any atom is -0.493 e. The fourth-order valence-electron chi connectivity index (χ4n) is 3.71. The number of hydrogen-bond acceptors (Lipinski definition) is 6. The van der Waals surface area contributed by atoms with Crippen molar-refractivity contribution < 1.29 is 14.3 Å². The standard InChI is InChI=1S/C22H25N3O3S/c1-14-11-18(27-2)19(28-3)12-17(14)23-21(26)15-7-6-10-25(13-15)22-24-16-8-4-5-9-20(16)29-22/h4-5,8-9,11-12,15H,6-7,10,13H2,1-3H3,(H,23,26)/t15-/m0/s1. The number of ether oxygens (including phenoxy) is 2. The summed E-state index contributed by atoms with van der Waals surface area (Å²) in [6.07, 6.45) is 1.85. The Morgan fingerprint density at radius 1 is 1.21 bits per heavy atom. The van der Waals surface area contributed by atoms with E-state index in [4.69, 9.17) is 14.5 Å². The smallest absolute Gasteiger partial charge is 0.229 e. The number of methoxy groups -OCH3 is 2. The molecule has 152 valence electrons. The van der Waals surface area contributed by atoms with E-state index in [1.165, 1.54) is 4.70 Å². The second kappa shape index (κ2) is 8.29. The van der Waals surface area contributed by atoms with E-state index < -0.39 is 0 Å². The summed E-state index contributed by atoms with van der Waals surface area (Å²) in [6.45, 7) is 3.56. The van der Waals surface area contributed by atoms with Crippen molar-refractivity contribution in [2.24, 2.45) is 5.92 Å². The topological polar surface area (TPSA) is 63.7 Å². The maximum absolute atomic E-state index is 13.0. The lowest BCUT2D eigenvalue weighted by Crippen LogP contribution is -2.40. The van der Waals surface area contributed by atoms with Crippen LogP contribution in [0.3, 0.4) is 0 Å². The highest BCUT2D eigenvalue weighted by Gasteiger charge is 2.28. The zero-order valence-corrected chi connectivity index (χ0v) is 17.7. The van der Waals surface area contributed by atoms with Crippen LogP contribution in [0.15, 0.2) is 36.4 Å². The van der Waals surface area contributed by atoms with Gasteiger partial charge in [0.05, 0.1) is 30.4 Å². The van der Waals surface area contributed by atoms with Gasteiger partial charge in [0.15, 0.2) is 16.6 Å². The quantitative estimate of drug-likeness (QED) is 0.671. The zero-order chi connectivity index (χ0) is 20.4. The van der Waals surface area contributed by atoms with Crippen LogP contribution in [0.5, 0.6) is 11.5 Å². The highest BCUT2D eigenvalue weighted by molar-refractivity contribution is 7.22. The van der Waals surface area contributed by atoms with E-state index in [9.17, 15) is 4.79 Å². The minimum atomic E-state index is -0.0803. The summed E-state index contributed by atoms with van der Waals surface area (Å²) in [4.78, 5) is 20.0. The number of fused-ring (bicyclic) bond motifs is 1. The first-order valence-electron chi connectivity index (χ1n) is 9.73. The number of piperidine rings is 1. The molecule has 1 fully saturated rings. The second-order valence-electron chi connectivity index (χ2n) is 7.26. The van der Waals surface area contributed by atoms with Gasteiger partial charge in [0.25, 0.3) is 0 Å². The summed E-state index contributed by atoms with van der Waals surface area (Å²) >= 11 is 1.69. The third-order valence-electron chi connectivity index (χ3n) is 5.33. The minimum absolute atomic E-state index is 0.0335. The van der Waals surface area contributed by atoms with Gasteiger partial charge in [-0.25, -0.2) is 4.98 Å². The molecule has 29 heavy (non-hydrogen) atoms. The van der Waals surface area contributed by atoms with Gasteiger partial charge in [0.1, 0.15) is 0 Å². The zero-order valence-electron chi connectivity index (χ0n) is 16.9. The number of carbonyl (C=O) groups excluding carboxylic acids is 1. The molecule has 2 aromatic carbocycles. The molecule has 0 saturated carbocycles. The number of nitrogens with zero attached hydrogens (tertiary/aromatic N) is 2. The van der Waals surface area contributed by atoms with Crippen LogP contribution in [0.25, 0.3) is 10.2 Å². The first-order chi connectivity index (χ1) is 14.1. The molecule has 1 aliphatic heterocycles. The van der Waals surface area contributed by atoms with Gasteiger partial charge in [0, 0.05) is 24.8 Å². The van der Waals surface area contributed by atoms with Gasteiger partial charge < -0.3 is 19.7 Å². The second-order valence-corrected chi connectivity index (χ2v) is 8.27. The number of carbonyl (C=O) groups is 1. The molecular weight excluding hydrogens is 386 g/mol. The summed E-state index contributed by atoms with van der Waals surface area (Å²) in [5, 5.41) is 4.08. The highest BCUT2D eigenvalue weighted by Crippen LogP contribution is 2.34. The third-order valence-corrected chi connectivity index (χ3v) is 6.43. The lowest BCUT2D eigenvalue weighted by atomic mass is 9.97. The monoisotopic (exact) mass is 411 g/mol. The first-order valence-corrected chi connectivity index (χ1v) is 10.5. The Morgan fingerprint density at radius 3 is 2.72 bits per heavy atom. The Morgan fingerprint density at radius 2 is 1.97 bits per heavy atom. The molecule has 1 N–H and O–H groups in total. The molecule has 4 rings (SSSR count). The summed E-state index contributed by atoms with van der Waals surface area (Å²) in [5.74, 6) is 1.21. The van der Waals surface area contributed by atoms with Crippen molar-refractivity contribution >= 4 is 38.3 Å². The van der Waals surface area contributed by atoms with Crippen molar-refractivity contribution in [2.45, 2.75) is 19.8 Å². The number of para-hydroxylation sites is 1. The van der Waals surface area contributed by atoms with E-state index in [0.29, 0.717) is 18.0 Å². The van der Waals surface area contributed by atoms with Crippen LogP contribution < -0.4 is 19.7 Å². The van der Waals surface area contributed by atoms with Crippen molar-refractivity contribution in [1.82, 2.24) is 4.98 Å². The Hall–Kier alpha value is -2.80. The Kier molecular flexibility index (Phi) is 5.58. The summed E-state index contributed by atoms with van der Waals surface area (Å²) in [6, 6.07) is 11.8. The maximum Gasteiger partial charge on any atom is 0.229 e. The van der Waals surface area contributed by atoms with Crippen LogP contribution in [-0.2, 0) is 4.79 Å². The van der Waals surface area contributed by atoms with Gasteiger partial charge in [0.2, 0.25) is 5.91 Å². The Labute approximate surface area is 174 Å². The van der Waals surface area contributed by atoms with Crippen molar-refractivity contribution in [3.63, 3.8) is 0 Å². The molecule has 1 aliphatic rings. The molecule has 7 heteroatoms. The lowest BCUT2D eigenvalue weighted by molar-refractivity contribution is -0.120. The molecule has 0 aliphatic carbocycles. The van der Waals surface area contributed by atoms with E-state index in [0.717, 1.165) is 41.3 Å². The molecule has 0 radical (unpaired) electrons. The van der Waals surface area contributed by atoms with Crippen LogP contribution in [0, 0.1) is 12.8 Å². The summed E-state index contributed by atoms with van der Waals surface area (Å²) in [5.41, 5.74) is 2.71.